The number of hydrogen-bond donors (Lipinski definition) is 1. The summed E-state index contributed by atoms with van der Waals surface area (Å²) in [6.07, 6.45) is 1.58. The van der Waals surface area contributed by atoms with Crippen molar-refractivity contribution < 1.29 is 4.39 Å². The number of nitrogen functional groups attached to an aromatic ring is 1. The van der Waals surface area contributed by atoms with Gasteiger partial charge in [0.25, 0.3) is 0 Å². The third kappa shape index (κ3) is 1.04. The number of alkyl halides is 1. The molecule has 0 fully saturated rings. The highest BCUT2D eigenvalue weighted by atomic mass is 19.1. The molecule has 2 heterocycles. The van der Waals surface area contributed by atoms with Crippen LogP contribution in [-0.4, -0.2) is 14.6 Å². The van der Waals surface area contributed by atoms with E-state index < -0.39 is 6.67 Å². The van der Waals surface area contributed by atoms with Gasteiger partial charge in [0.05, 0.1) is 6.20 Å². The van der Waals surface area contributed by atoms with E-state index in [1.807, 2.05) is 0 Å². The van der Waals surface area contributed by atoms with E-state index in [4.69, 9.17) is 5.73 Å². The SMILES string of the molecule is Cc1nc2ccnn2c(N)c1CF. The van der Waals surface area contributed by atoms with Crippen molar-refractivity contribution in [3.8, 4) is 0 Å². The van der Waals surface area contributed by atoms with E-state index in [1.165, 1.54) is 4.52 Å². The van der Waals surface area contributed by atoms with Crippen LogP contribution >= 0.6 is 0 Å². The normalized spacial score (nSPS) is 10.9. The van der Waals surface area contributed by atoms with Crippen LogP contribution in [0.5, 0.6) is 0 Å². The van der Waals surface area contributed by atoms with Gasteiger partial charge in [-0.25, -0.2) is 9.37 Å². The fraction of sp³-hybridized carbons (Fsp3) is 0.250. The molecule has 0 aromatic carbocycles. The van der Waals surface area contributed by atoms with Crippen LogP contribution in [-0.2, 0) is 6.67 Å². The molecule has 0 atom stereocenters. The van der Waals surface area contributed by atoms with Gasteiger partial charge in [-0.1, -0.05) is 0 Å². The summed E-state index contributed by atoms with van der Waals surface area (Å²) in [6, 6.07) is 1.73. The van der Waals surface area contributed by atoms with Crippen LogP contribution in [0.1, 0.15) is 11.3 Å². The molecule has 2 aromatic rings. The molecule has 2 N–H and O–H groups in total. The Hall–Kier alpha value is -1.65. The first-order valence-corrected chi connectivity index (χ1v) is 3.88. The molecule has 2 rings (SSSR count). The smallest absolute Gasteiger partial charge is 0.157 e. The second kappa shape index (κ2) is 2.69. The van der Waals surface area contributed by atoms with Crippen molar-refractivity contribution >= 4 is 11.5 Å². The third-order valence-electron chi connectivity index (χ3n) is 2.01. The molecule has 0 saturated heterocycles. The van der Waals surface area contributed by atoms with Gasteiger partial charge in [0.15, 0.2) is 5.65 Å². The van der Waals surface area contributed by atoms with Crippen LogP contribution in [0.25, 0.3) is 5.65 Å². The molecular weight excluding hydrogens is 171 g/mol. The standard InChI is InChI=1S/C8H9FN4/c1-5-6(4-9)8(10)13-7(12-5)2-3-11-13/h2-3H,4,10H2,1H3. The lowest BCUT2D eigenvalue weighted by Crippen LogP contribution is -2.06. The van der Waals surface area contributed by atoms with Crippen LogP contribution in [0.15, 0.2) is 12.3 Å². The van der Waals surface area contributed by atoms with E-state index in [2.05, 4.69) is 10.1 Å². The number of rotatable bonds is 1. The Balaban J connectivity index is 2.85. The van der Waals surface area contributed by atoms with Crippen LogP contribution < -0.4 is 5.73 Å². The van der Waals surface area contributed by atoms with Crippen molar-refractivity contribution in [3.63, 3.8) is 0 Å². The molecule has 0 aliphatic rings. The molecule has 5 heteroatoms. The number of anilines is 1. The van der Waals surface area contributed by atoms with E-state index >= 15 is 0 Å². The van der Waals surface area contributed by atoms with Crippen molar-refractivity contribution in [2.24, 2.45) is 0 Å². The average molecular weight is 180 g/mol. The van der Waals surface area contributed by atoms with Gasteiger partial charge in [-0.3, -0.25) is 0 Å². The molecule has 0 aliphatic carbocycles. The number of aromatic nitrogens is 3. The van der Waals surface area contributed by atoms with E-state index in [0.29, 0.717) is 22.7 Å². The lowest BCUT2D eigenvalue weighted by Gasteiger charge is -2.06. The summed E-state index contributed by atoms with van der Waals surface area (Å²) in [7, 11) is 0. The molecule has 0 bridgehead atoms. The first-order valence-electron chi connectivity index (χ1n) is 3.88. The summed E-state index contributed by atoms with van der Waals surface area (Å²) >= 11 is 0. The van der Waals surface area contributed by atoms with Gasteiger partial charge in [0, 0.05) is 17.3 Å². The Morgan fingerprint density at radius 2 is 2.38 bits per heavy atom. The fourth-order valence-electron chi connectivity index (χ4n) is 1.28. The Kier molecular flexibility index (Phi) is 1.65. The molecular formula is C8H9FN4. The van der Waals surface area contributed by atoms with Crippen molar-refractivity contribution in [1.82, 2.24) is 14.6 Å². The highest BCUT2D eigenvalue weighted by molar-refractivity contribution is 5.51. The molecule has 2 aromatic heterocycles. The summed E-state index contributed by atoms with van der Waals surface area (Å²) in [5.74, 6) is 0.329. The molecule has 0 amide bonds. The van der Waals surface area contributed by atoms with Crippen LogP contribution in [0.3, 0.4) is 0 Å². The molecule has 0 radical (unpaired) electrons. The van der Waals surface area contributed by atoms with Crippen molar-refractivity contribution in [2.75, 3.05) is 5.73 Å². The molecule has 0 spiro atoms. The largest absolute Gasteiger partial charge is 0.383 e. The molecule has 4 nitrogen and oxygen atoms in total. The van der Waals surface area contributed by atoms with Crippen LogP contribution in [0, 0.1) is 6.92 Å². The minimum absolute atomic E-state index is 0.329. The monoisotopic (exact) mass is 180 g/mol. The lowest BCUT2D eigenvalue weighted by atomic mass is 10.2. The first-order chi connectivity index (χ1) is 6.24. The van der Waals surface area contributed by atoms with E-state index in [0.717, 1.165) is 0 Å². The maximum Gasteiger partial charge on any atom is 0.157 e. The van der Waals surface area contributed by atoms with Crippen LogP contribution in [0.4, 0.5) is 10.2 Å². The summed E-state index contributed by atoms with van der Waals surface area (Å²) in [5, 5.41) is 3.93. The van der Waals surface area contributed by atoms with Gasteiger partial charge >= 0.3 is 0 Å². The third-order valence-corrected chi connectivity index (χ3v) is 2.01. The molecule has 0 saturated carbocycles. The average Bonchev–Trinajstić information content (AvgIpc) is 2.53. The second-order valence-corrected chi connectivity index (χ2v) is 2.80. The Morgan fingerprint density at radius 3 is 3.08 bits per heavy atom. The number of nitrogens with two attached hydrogens (primary N) is 1. The maximum atomic E-state index is 12.5. The number of aryl methyl sites for hydroxylation is 1. The van der Waals surface area contributed by atoms with Crippen molar-refractivity contribution in [1.29, 1.82) is 0 Å². The molecule has 0 aliphatic heterocycles. The minimum Gasteiger partial charge on any atom is -0.383 e. The topological polar surface area (TPSA) is 56.2 Å². The maximum absolute atomic E-state index is 12.5. The quantitative estimate of drug-likeness (QED) is 0.714. The van der Waals surface area contributed by atoms with E-state index in [9.17, 15) is 4.39 Å². The zero-order valence-corrected chi connectivity index (χ0v) is 7.16. The van der Waals surface area contributed by atoms with Crippen molar-refractivity contribution in [3.05, 3.63) is 23.5 Å². The van der Waals surface area contributed by atoms with E-state index in [-0.39, 0.29) is 0 Å². The predicted octanol–water partition coefficient (Wildman–Crippen LogP) is 1.09. The highest BCUT2D eigenvalue weighted by Gasteiger charge is 2.09. The molecule has 68 valence electrons. The summed E-state index contributed by atoms with van der Waals surface area (Å²) in [4.78, 5) is 4.15. The number of fused-ring (bicyclic) bond motifs is 1. The summed E-state index contributed by atoms with van der Waals surface area (Å²) < 4.78 is 14.0. The second-order valence-electron chi connectivity index (χ2n) is 2.80. The molecule has 0 unspecified atom stereocenters. The van der Waals surface area contributed by atoms with Crippen LogP contribution in [0.2, 0.25) is 0 Å². The van der Waals surface area contributed by atoms with Gasteiger partial charge < -0.3 is 5.73 Å². The molecule has 13 heavy (non-hydrogen) atoms. The highest BCUT2D eigenvalue weighted by Crippen LogP contribution is 2.17. The van der Waals surface area contributed by atoms with Crippen molar-refractivity contribution in [2.45, 2.75) is 13.6 Å². The zero-order chi connectivity index (χ0) is 9.42. The van der Waals surface area contributed by atoms with Gasteiger partial charge in [-0.15, -0.1) is 0 Å². The number of hydrogen-bond acceptors (Lipinski definition) is 3. The lowest BCUT2D eigenvalue weighted by molar-refractivity contribution is 0.481. The van der Waals surface area contributed by atoms with E-state index in [1.54, 1.807) is 19.2 Å². The summed E-state index contributed by atoms with van der Waals surface area (Å²) in [5.41, 5.74) is 7.37. The minimum atomic E-state index is -0.611. The van der Waals surface area contributed by atoms with Gasteiger partial charge in [-0.2, -0.15) is 9.61 Å². The number of halogens is 1. The first kappa shape index (κ1) is 7.97. The van der Waals surface area contributed by atoms with Gasteiger partial charge in [0.1, 0.15) is 12.5 Å². The van der Waals surface area contributed by atoms with Gasteiger partial charge in [-0.05, 0) is 6.92 Å². The predicted molar refractivity (Wildman–Crippen MR) is 46.9 cm³/mol. The Morgan fingerprint density at radius 1 is 1.62 bits per heavy atom. The fourth-order valence-corrected chi connectivity index (χ4v) is 1.28. The summed E-state index contributed by atoms with van der Waals surface area (Å²) in [6.45, 7) is 1.12. The number of nitrogens with zero attached hydrogens (tertiary/aromatic N) is 3. The zero-order valence-electron chi connectivity index (χ0n) is 7.16. The Labute approximate surface area is 74.2 Å². The van der Waals surface area contributed by atoms with Gasteiger partial charge in [0.2, 0.25) is 0 Å². The Bertz CT molecular complexity index is 449.